The summed E-state index contributed by atoms with van der Waals surface area (Å²) < 4.78 is 33.3. The molecule has 0 radical (unpaired) electrons. The van der Waals surface area contributed by atoms with Crippen molar-refractivity contribution in [3.63, 3.8) is 0 Å². The Labute approximate surface area is 171 Å². The number of nitrogens with zero attached hydrogens (tertiary/aromatic N) is 2. The molecule has 4 rings (SSSR count). The number of aryl methyl sites for hydroxylation is 1. The largest absolute Gasteiger partial charge is 0.378 e. The van der Waals surface area contributed by atoms with Crippen molar-refractivity contribution < 1.29 is 22.7 Å². The maximum absolute atomic E-state index is 13.3. The molecule has 1 aromatic carbocycles. The van der Waals surface area contributed by atoms with E-state index in [0.29, 0.717) is 70.6 Å². The summed E-state index contributed by atoms with van der Waals surface area (Å²) in [6, 6.07) is 4.89. The first-order valence-corrected chi connectivity index (χ1v) is 11.7. The first-order chi connectivity index (χ1) is 13.9. The number of rotatable bonds is 3. The summed E-state index contributed by atoms with van der Waals surface area (Å²) in [5, 5.41) is 2.83. The number of benzene rings is 1. The predicted molar refractivity (Wildman–Crippen MR) is 107 cm³/mol. The molecule has 0 bridgehead atoms. The van der Waals surface area contributed by atoms with Gasteiger partial charge in [-0.3, -0.25) is 9.59 Å². The first kappa shape index (κ1) is 20.3. The fraction of sp³-hybridized carbons (Fsp3) is 0.600. The van der Waals surface area contributed by atoms with Gasteiger partial charge in [0.25, 0.3) is 0 Å². The smallest absolute Gasteiger partial charge is 0.243 e. The third-order valence-electron chi connectivity index (χ3n) is 5.89. The normalized spacial score (nSPS) is 23.8. The van der Waals surface area contributed by atoms with Gasteiger partial charge >= 0.3 is 0 Å². The number of hydrogen-bond acceptors (Lipinski definition) is 5. The van der Waals surface area contributed by atoms with Crippen LogP contribution < -0.4 is 5.32 Å². The number of piperidine rings is 1. The highest BCUT2D eigenvalue weighted by Crippen LogP contribution is 2.29. The number of fused-ring (bicyclic) bond motifs is 1. The molecule has 1 atom stereocenters. The number of nitrogens with one attached hydrogen (secondary N) is 1. The van der Waals surface area contributed by atoms with Crippen LogP contribution in [0.2, 0.25) is 0 Å². The Morgan fingerprint density at radius 2 is 1.90 bits per heavy atom. The number of ether oxygens (including phenoxy) is 1. The van der Waals surface area contributed by atoms with Crippen LogP contribution in [0.4, 0.5) is 5.69 Å². The van der Waals surface area contributed by atoms with Crippen LogP contribution in [0.15, 0.2) is 23.1 Å². The Morgan fingerprint density at radius 3 is 2.69 bits per heavy atom. The van der Waals surface area contributed by atoms with Gasteiger partial charge in [-0.2, -0.15) is 4.31 Å². The lowest BCUT2D eigenvalue weighted by Gasteiger charge is -2.35. The van der Waals surface area contributed by atoms with Crippen LogP contribution in [0.3, 0.4) is 0 Å². The third kappa shape index (κ3) is 4.31. The molecule has 8 nitrogen and oxygen atoms in total. The van der Waals surface area contributed by atoms with Gasteiger partial charge < -0.3 is 15.0 Å². The van der Waals surface area contributed by atoms with Crippen molar-refractivity contribution >= 4 is 27.5 Å². The van der Waals surface area contributed by atoms with Crippen LogP contribution in [-0.4, -0.2) is 68.8 Å². The van der Waals surface area contributed by atoms with E-state index in [4.69, 9.17) is 4.74 Å². The number of sulfonamides is 1. The Kier molecular flexibility index (Phi) is 5.89. The molecule has 0 unspecified atom stereocenters. The highest BCUT2D eigenvalue weighted by molar-refractivity contribution is 7.89. The van der Waals surface area contributed by atoms with Crippen molar-refractivity contribution in [1.82, 2.24) is 9.21 Å². The summed E-state index contributed by atoms with van der Waals surface area (Å²) >= 11 is 0. The van der Waals surface area contributed by atoms with Crippen molar-refractivity contribution in [1.29, 1.82) is 0 Å². The molecule has 29 heavy (non-hydrogen) atoms. The van der Waals surface area contributed by atoms with Gasteiger partial charge in [0.15, 0.2) is 0 Å². The quantitative estimate of drug-likeness (QED) is 0.792. The third-order valence-corrected chi connectivity index (χ3v) is 7.76. The summed E-state index contributed by atoms with van der Waals surface area (Å²) in [4.78, 5) is 26.6. The Balaban J connectivity index is 1.51. The SMILES string of the molecule is O=C1CCCc2cc(S(=O)(=O)N3CCC[C@@H](C(=O)N4CCOCC4)C3)ccc2N1. The van der Waals surface area contributed by atoms with Crippen molar-refractivity contribution in [2.24, 2.45) is 5.92 Å². The number of carbonyl (C=O) groups excluding carboxylic acids is 2. The summed E-state index contributed by atoms with van der Waals surface area (Å²) in [5.41, 5.74) is 1.53. The molecule has 0 spiro atoms. The molecule has 2 amide bonds. The van der Waals surface area contributed by atoms with E-state index in [-0.39, 0.29) is 29.2 Å². The second-order valence-corrected chi connectivity index (χ2v) is 9.80. The molecule has 0 saturated carbocycles. The van der Waals surface area contributed by atoms with Crippen molar-refractivity contribution in [3.05, 3.63) is 23.8 Å². The van der Waals surface area contributed by atoms with Crippen molar-refractivity contribution in [3.8, 4) is 0 Å². The lowest BCUT2D eigenvalue weighted by molar-refractivity contribution is -0.140. The van der Waals surface area contributed by atoms with Gasteiger partial charge in [0, 0.05) is 38.3 Å². The molecule has 158 valence electrons. The Bertz CT molecular complexity index is 895. The molecule has 2 fully saturated rings. The number of anilines is 1. The predicted octanol–water partition coefficient (Wildman–Crippen LogP) is 1.22. The average molecular weight is 422 g/mol. The number of morpholine rings is 1. The molecular formula is C20H27N3O5S. The van der Waals surface area contributed by atoms with Gasteiger partial charge in [-0.25, -0.2) is 8.42 Å². The molecule has 3 heterocycles. The molecule has 3 aliphatic rings. The fourth-order valence-corrected chi connectivity index (χ4v) is 5.84. The van der Waals surface area contributed by atoms with Gasteiger partial charge in [-0.15, -0.1) is 0 Å². The van der Waals surface area contributed by atoms with Crippen molar-refractivity contribution in [2.75, 3.05) is 44.7 Å². The Hall–Kier alpha value is -1.97. The number of amides is 2. The number of hydrogen-bond donors (Lipinski definition) is 1. The van der Waals surface area contributed by atoms with E-state index >= 15 is 0 Å². The van der Waals surface area contributed by atoms with Crippen molar-refractivity contribution in [2.45, 2.75) is 37.0 Å². The van der Waals surface area contributed by atoms with Gasteiger partial charge in [0.2, 0.25) is 21.8 Å². The van der Waals surface area contributed by atoms with E-state index in [1.165, 1.54) is 4.31 Å². The Morgan fingerprint density at radius 1 is 1.10 bits per heavy atom. The molecule has 1 aromatic rings. The van der Waals surface area contributed by atoms with Crippen LogP contribution in [0.25, 0.3) is 0 Å². The van der Waals surface area contributed by atoms with Crippen LogP contribution in [-0.2, 0) is 30.8 Å². The van der Waals surface area contributed by atoms with Crippen LogP contribution in [0, 0.1) is 5.92 Å². The maximum Gasteiger partial charge on any atom is 0.243 e. The maximum atomic E-state index is 13.3. The first-order valence-electron chi connectivity index (χ1n) is 10.2. The zero-order valence-corrected chi connectivity index (χ0v) is 17.2. The van der Waals surface area contributed by atoms with Gasteiger partial charge in [0.1, 0.15) is 0 Å². The molecule has 0 aliphatic carbocycles. The summed E-state index contributed by atoms with van der Waals surface area (Å²) in [5.74, 6) is -0.325. The molecule has 3 aliphatic heterocycles. The van der Waals surface area contributed by atoms with Crippen LogP contribution >= 0.6 is 0 Å². The summed E-state index contributed by atoms with van der Waals surface area (Å²) in [6.07, 6.45) is 3.17. The topological polar surface area (TPSA) is 96.0 Å². The monoisotopic (exact) mass is 421 g/mol. The van der Waals surface area contributed by atoms with E-state index < -0.39 is 10.0 Å². The standard InChI is InChI=1S/C20H27N3O5S/c24-19-5-1-3-15-13-17(6-7-18(15)21-19)29(26,27)23-8-2-4-16(14-23)20(25)22-9-11-28-12-10-22/h6-7,13,16H,1-5,8-12,14H2,(H,21,24)/t16-/m1/s1. The zero-order chi connectivity index (χ0) is 20.4. The average Bonchev–Trinajstić information content (AvgIpc) is 2.93. The van der Waals surface area contributed by atoms with Crippen LogP contribution in [0.5, 0.6) is 0 Å². The van der Waals surface area contributed by atoms with Gasteiger partial charge in [-0.05, 0) is 49.4 Å². The van der Waals surface area contributed by atoms with Gasteiger partial charge in [0.05, 0.1) is 24.0 Å². The zero-order valence-electron chi connectivity index (χ0n) is 16.4. The van der Waals surface area contributed by atoms with Crippen LogP contribution in [0.1, 0.15) is 31.2 Å². The minimum absolute atomic E-state index is 0.0258. The molecule has 2 saturated heterocycles. The van der Waals surface area contributed by atoms with E-state index in [2.05, 4.69) is 5.32 Å². The van der Waals surface area contributed by atoms with E-state index in [9.17, 15) is 18.0 Å². The highest BCUT2D eigenvalue weighted by atomic mass is 32.2. The molecule has 1 N–H and O–H groups in total. The lowest BCUT2D eigenvalue weighted by atomic mass is 9.98. The minimum Gasteiger partial charge on any atom is -0.378 e. The van der Waals surface area contributed by atoms with E-state index in [0.717, 1.165) is 5.56 Å². The summed E-state index contributed by atoms with van der Waals surface area (Å²) in [7, 11) is -3.69. The van der Waals surface area contributed by atoms with E-state index in [1.807, 2.05) is 0 Å². The fourth-order valence-electron chi connectivity index (χ4n) is 4.26. The summed E-state index contributed by atoms with van der Waals surface area (Å²) in [6.45, 7) is 2.84. The minimum atomic E-state index is -3.69. The number of carbonyl (C=O) groups is 2. The molecule has 9 heteroatoms. The highest BCUT2D eigenvalue weighted by Gasteiger charge is 2.35. The second kappa shape index (κ2) is 8.41. The lowest BCUT2D eigenvalue weighted by Crippen LogP contribution is -2.49. The van der Waals surface area contributed by atoms with Gasteiger partial charge in [-0.1, -0.05) is 0 Å². The van der Waals surface area contributed by atoms with E-state index in [1.54, 1.807) is 23.1 Å². The molecular weight excluding hydrogens is 394 g/mol. The molecule has 0 aromatic heterocycles. The second-order valence-electron chi connectivity index (χ2n) is 7.86.